The van der Waals surface area contributed by atoms with Gasteiger partial charge in [-0.2, -0.15) is 0 Å². The molecule has 0 bridgehead atoms. The van der Waals surface area contributed by atoms with E-state index in [0.717, 1.165) is 43.2 Å². The van der Waals surface area contributed by atoms with Gasteiger partial charge in [0.1, 0.15) is 11.3 Å². The molecule has 1 aliphatic rings. The van der Waals surface area contributed by atoms with Crippen molar-refractivity contribution in [3.8, 4) is 0 Å². The Bertz CT molecular complexity index is 544. The SMILES string of the molecule is Cn1cnc2c(N3CCOCC3)cc(N)nc21. The molecule has 0 atom stereocenters. The first kappa shape index (κ1) is 10.3. The minimum absolute atomic E-state index is 0.530. The Morgan fingerprint density at radius 3 is 2.88 bits per heavy atom. The number of nitrogens with zero attached hydrogens (tertiary/aromatic N) is 4. The molecule has 90 valence electrons. The lowest BCUT2D eigenvalue weighted by molar-refractivity contribution is 0.123. The van der Waals surface area contributed by atoms with Crippen LogP contribution in [-0.4, -0.2) is 40.8 Å². The lowest BCUT2D eigenvalue weighted by Crippen LogP contribution is -2.36. The van der Waals surface area contributed by atoms with Gasteiger partial charge in [0, 0.05) is 26.2 Å². The van der Waals surface area contributed by atoms with Crippen LogP contribution in [0.5, 0.6) is 0 Å². The lowest BCUT2D eigenvalue weighted by Gasteiger charge is -2.29. The number of ether oxygens (including phenoxy) is 1. The summed E-state index contributed by atoms with van der Waals surface area (Å²) in [4.78, 5) is 11.0. The van der Waals surface area contributed by atoms with Gasteiger partial charge in [0.25, 0.3) is 0 Å². The van der Waals surface area contributed by atoms with Crippen molar-refractivity contribution in [3.05, 3.63) is 12.4 Å². The molecule has 1 aliphatic heterocycles. The molecule has 0 aliphatic carbocycles. The number of fused-ring (bicyclic) bond motifs is 1. The van der Waals surface area contributed by atoms with Crippen LogP contribution in [0.2, 0.25) is 0 Å². The predicted molar refractivity (Wildman–Crippen MR) is 66.0 cm³/mol. The van der Waals surface area contributed by atoms with Crippen LogP contribution in [0.25, 0.3) is 11.2 Å². The van der Waals surface area contributed by atoms with Crippen LogP contribution >= 0.6 is 0 Å². The Morgan fingerprint density at radius 2 is 2.12 bits per heavy atom. The molecule has 17 heavy (non-hydrogen) atoms. The zero-order valence-corrected chi connectivity index (χ0v) is 9.76. The second kappa shape index (κ2) is 3.89. The normalized spacial score (nSPS) is 16.6. The molecule has 2 aromatic heterocycles. The lowest BCUT2D eigenvalue weighted by atomic mass is 10.3. The van der Waals surface area contributed by atoms with E-state index in [1.54, 1.807) is 6.33 Å². The molecule has 6 nitrogen and oxygen atoms in total. The van der Waals surface area contributed by atoms with E-state index in [1.807, 2.05) is 17.7 Å². The molecule has 6 heteroatoms. The molecule has 2 aromatic rings. The van der Waals surface area contributed by atoms with E-state index in [4.69, 9.17) is 10.5 Å². The fourth-order valence-electron chi connectivity index (χ4n) is 2.14. The molecule has 0 unspecified atom stereocenters. The van der Waals surface area contributed by atoms with E-state index in [2.05, 4.69) is 14.9 Å². The molecule has 3 heterocycles. The molecule has 3 rings (SSSR count). The first-order valence-corrected chi connectivity index (χ1v) is 5.66. The molecule has 2 N–H and O–H groups in total. The molecule has 0 aromatic carbocycles. The second-order valence-electron chi connectivity index (χ2n) is 4.19. The Hall–Kier alpha value is -1.82. The number of imidazole rings is 1. The highest BCUT2D eigenvalue weighted by atomic mass is 16.5. The van der Waals surface area contributed by atoms with Crippen molar-refractivity contribution in [2.45, 2.75) is 0 Å². The smallest absolute Gasteiger partial charge is 0.164 e. The molecule has 0 saturated carbocycles. The molecule has 0 amide bonds. The molecule has 1 fully saturated rings. The Kier molecular flexibility index (Phi) is 2.36. The molecule has 0 spiro atoms. The van der Waals surface area contributed by atoms with Gasteiger partial charge in [0.15, 0.2) is 5.65 Å². The highest BCUT2D eigenvalue weighted by Crippen LogP contribution is 2.26. The fourth-order valence-corrected chi connectivity index (χ4v) is 2.14. The summed E-state index contributed by atoms with van der Waals surface area (Å²) in [6, 6.07) is 1.89. The van der Waals surface area contributed by atoms with Crippen LogP contribution < -0.4 is 10.6 Å². The van der Waals surface area contributed by atoms with Crippen LogP contribution in [0, 0.1) is 0 Å². The minimum atomic E-state index is 0.530. The van der Waals surface area contributed by atoms with Gasteiger partial charge in [0.2, 0.25) is 0 Å². The van der Waals surface area contributed by atoms with Crippen molar-refractivity contribution in [3.63, 3.8) is 0 Å². The number of anilines is 2. The summed E-state index contributed by atoms with van der Waals surface area (Å²) in [6.45, 7) is 3.23. The van der Waals surface area contributed by atoms with Crippen molar-refractivity contribution < 1.29 is 4.74 Å². The van der Waals surface area contributed by atoms with Gasteiger partial charge in [-0.25, -0.2) is 9.97 Å². The third-order valence-electron chi connectivity index (χ3n) is 3.02. The van der Waals surface area contributed by atoms with Crippen LogP contribution in [0.4, 0.5) is 11.5 Å². The van der Waals surface area contributed by atoms with Crippen molar-refractivity contribution >= 4 is 22.7 Å². The van der Waals surface area contributed by atoms with E-state index >= 15 is 0 Å². The maximum Gasteiger partial charge on any atom is 0.164 e. The maximum atomic E-state index is 5.85. The third-order valence-corrected chi connectivity index (χ3v) is 3.02. The molecule has 0 radical (unpaired) electrons. The number of aromatic nitrogens is 3. The number of nitrogen functional groups attached to an aromatic ring is 1. The quantitative estimate of drug-likeness (QED) is 0.771. The van der Waals surface area contributed by atoms with Crippen LogP contribution in [-0.2, 0) is 11.8 Å². The van der Waals surface area contributed by atoms with E-state index in [9.17, 15) is 0 Å². The van der Waals surface area contributed by atoms with Crippen LogP contribution in [0.1, 0.15) is 0 Å². The van der Waals surface area contributed by atoms with Gasteiger partial charge < -0.3 is 19.9 Å². The van der Waals surface area contributed by atoms with Crippen molar-refractivity contribution in [2.75, 3.05) is 36.9 Å². The first-order valence-electron chi connectivity index (χ1n) is 5.66. The summed E-state index contributed by atoms with van der Waals surface area (Å²) in [6.07, 6.45) is 1.76. The number of rotatable bonds is 1. The van der Waals surface area contributed by atoms with Crippen molar-refractivity contribution in [2.24, 2.45) is 7.05 Å². The predicted octanol–water partition coefficient (Wildman–Crippen LogP) is 0.387. The highest BCUT2D eigenvalue weighted by molar-refractivity contribution is 5.88. The van der Waals surface area contributed by atoms with Gasteiger partial charge in [-0.1, -0.05) is 0 Å². The molecular formula is C11H15N5O. The summed E-state index contributed by atoms with van der Waals surface area (Å²) in [5, 5.41) is 0. The van der Waals surface area contributed by atoms with E-state index in [1.165, 1.54) is 0 Å². The zero-order valence-electron chi connectivity index (χ0n) is 9.76. The van der Waals surface area contributed by atoms with Crippen LogP contribution in [0.15, 0.2) is 12.4 Å². The standard InChI is InChI=1S/C11H15N5O/c1-15-7-13-10-8(6-9(12)14-11(10)15)16-2-4-17-5-3-16/h6-7H,2-5H2,1H3,(H2,12,14). The van der Waals surface area contributed by atoms with E-state index in [-0.39, 0.29) is 0 Å². The average molecular weight is 233 g/mol. The van der Waals surface area contributed by atoms with Gasteiger partial charge in [-0.15, -0.1) is 0 Å². The van der Waals surface area contributed by atoms with Gasteiger partial charge in [0.05, 0.1) is 25.2 Å². The largest absolute Gasteiger partial charge is 0.384 e. The topological polar surface area (TPSA) is 69.2 Å². The summed E-state index contributed by atoms with van der Waals surface area (Å²) in [5.74, 6) is 0.530. The van der Waals surface area contributed by atoms with Crippen molar-refractivity contribution in [1.82, 2.24) is 14.5 Å². The Balaban J connectivity index is 2.13. The number of morpholine rings is 1. The first-order chi connectivity index (χ1) is 8.25. The van der Waals surface area contributed by atoms with Gasteiger partial charge >= 0.3 is 0 Å². The number of hydrogen-bond acceptors (Lipinski definition) is 5. The summed E-state index contributed by atoms with van der Waals surface area (Å²) < 4.78 is 7.24. The number of pyridine rings is 1. The average Bonchev–Trinajstić information content (AvgIpc) is 2.72. The molecule has 1 saturated heterocycles. The summed E-state index contributed by atoms with van der Waals surface area (Å²) in [5.41, 5.74) is 8.63. The zero-order chi connectivity index (χ0) is 11.8. The van der Waals surface area contributed by atoms with E-state index in [0.29, 0.717) is 5.82 Å². The monoisotopic (exact) mass is 233 g/mol. The fraction of sp³-hybridized carbons (Fsp3) is 0.455. The maximum absolute atomic E-state index is 5.85. The highest BCUT2D eigenvalue weighted by Gasteiger charge is 2.17. The second-order valence-corrected chi connectivity index (χ2v) is 4.19. The summed E-state index contributed by atoms with van der Waals surface area (Å²) >= 11 is 0. The third kappa shape index (κ3) is 1.70. The van der Waals surface area contributed by atoms with E-state index < -0.39 is 0 Å². The Labute approximate surface area is 99.0 Å². The van der Waals surface area contributed by atoms with Crippen molar-refractivity contribution in [1.29, 1.82) is 0 Å². The number of nitrogens with two attached hydrogens (primary N) is 1. The molecular weight excluding hydrogens is 218 g/mol. The van der Waals surface area contributed by atoms with Crippen LogP contribution in [0.3, 0.4) is 0 Å². The summed E-state index contributed by atoms with van der Waals surface area (Å²) in [7, 11) is 1.92. The Morgan fingerprint density at radius 1 is 1.35 bits per heavy atom. The van der Waals surface area contributed by atoms with Gasteiger partial charge in [-0.3, -0.25) is 0 Å². The number of aryl methyl sites for hydroxylation is 1. The van der Waals surface area contributed by atoms with Gasteiger partial charge in [-0.05, 0) is 0 Å². The minimum Gasteiger partial charge on any atom is -0.384 e. The number of hydrogen-bond donors (Lipinski definition) is 1.